The molecule has 154 valence electrons. The zero-order valence-electron chi connectivity index (χ0n) is 16.2. The van der Waals surface area contributed by atoms with Crippen LogP contribution in [0.5, 0.6) is 5.75 Å². The number of nitro groups is 1. The Balaban J connectivity index is 1.30. The van der Waals surface area contributed by atoms with E-state index in [0.717, 1.165) is 20.9 Å². The number of piperazine rings is 1. The van der Waals surface area contributed by atoms with E-state index < -0.39 is 4.92 Å². The summed E-state index contributed by atoms with van der Waals surface area (Å²) in [5, 5.41) is 12.9. The lowest BCUT2D eigenvalue weighted by atomic mass is 10.1. The van der Waals surface area contributed by atoms with E-state index in [-0.39, 0.29) is 18.2 Å². The fourth-order valence-corrected chi connectivity index (χ4v) is 3.90. The number of nitro benzene ring substituents is 1. The first-order valence-corrected chi connectivity index (χ1v) is 10.4. The topological polar surface area (TPSA) is 75.9 Å². The highest BCUT2D eigenvalue weighted by atomic mass is 79.9. The molecule has 0 unspecified atom stereocenters. The van der Waals surface area contributed by atoms with Crippen molar-refractivity contribution in [2.75, 3.05) is 37.7 Å². The molecule has 3 aromatic carbocycles. The Bertz CT molecular complexity index is 1080. The molecule has 0 aromatic heterocycles. The molecule has 0 atom stereocenters. The molecule has 1 aliphatic rings. The third kappa shape index (κ3) is 4.54. The number of non-ortho nitro benzene ring substituents is 1. The largest absolute Gasteiger partial charge is 0.484 e. The van der Waals surface area contributed by atoms with Crippen LogP contribution < -0.4 is 9.64 Å². The smallest absolute Gasteiger partial charge is 0.269 e. The first kappa shape index (κ1) is 20.2. The molecule has 1 fully saturated rings. The third-order valence-electron chi connectivity index (χ3n) is 5.19. The average molecular weight is 470 g/mol. The molecule has 0 saturated carbocycles. The van der Waals surface area contributed by atoms with Gasteiger partial charge >= 0.3 is 0 Å². The van der Waals surface area contributed by atoms with Crippen molar-refractivity contribution >= 4 is 44.0 Å². The molecule has 8 heteroatoms. The van der Waals surface area contributed by atoms with Gasteiger partial charge in [0.1, 0.15) is 5.75 Å². The van der Waals surface area contributed by atoms with Crippen LogP contribution >= 0.6 is 15.9 Å². The van der Waals surface area contributed by atoms with Crippen LogP contribution in [0.3, 0.4) is 0 Å². The van der Waals surface area contributed by atoms with Crippen molar-refractivity contribution in [1.29, 1.82) is 0 Å². The minimum atomic E-state index is -0.408. The second-order valence-corrected chi connectivity index (χ2v) is 8.00. The normalized spacial score (nSPS) is 14.0. The highest BCUT2D eigenvalue weighted by Gasteiger charge is 2.22. The molecule has 0 spiro atoms. The Kier molecular flexibility index (Phi) is 5.85. The van der Waals surface area contributed by atoms with Crippen LogP contribution in [0, 0.1) is 10.1 Å². The van der Waals surface area contributed by atoms with Crippen LogP contribution in [0.2, 0.25) is 0 Å². The number of carbonyl (C=O) groups excluding carboxylic acids is 1. The van der Waals surface area contributed by atoms with Crippen molar-refractivity contribution in [3.8, 4) is 5.75 Å². The van der Waals surface area contributed by atoms with Crippen molar-refractivity contribution in [3.63, 3.8) is 0 Å². The summed E-state index contributed by atoms with van der Waals surface area (Å²) in [5.41, 5.74) is 0.998. The molecule has 1 amide bonds. The highest BCUT2D eigenvalue weighted by molar-refractivity contribution is 9.10. The second kappa shape index (κ2) is 8.71. The van der Waals surface area contributed by atoms with Crippen LogP contribution in [0.1, 0.15) is 0 Å². The Morgan fingerprint density at radius 2 is 1.63 bits per heavy atom. The molecule has 7 nitrogen and oxygen atoms in total. The predicted molar refractivity (Wildman–Crippen MR) is 119 cm³/mol. The number of hydrogen-bond acceptors (Lipinski definition) is 5. The molecule has 0 aliphatic carbocycles. The number of nitrogens with zero attached hydrogens (tertiary/aromatic N) is 3. The zero-order chi connectivity index (χ0) is 21.1. The molecule has 0 bridgehead atoms. The Morgan fingerprint density at radius 3 is 2.33 bits per heavy atom. The van der Waals surface area contributed by atoms with Crippen molar-refractivity contribution in [1.82, 2.24) is 4.90 Å². The summed E-state index contributed by atoms with van der Waals surface area (Å²) in [7, 11) is 0. The lowest BCUT2D eigenvalue weighted by molar-refractivity contribution is -0.384. The van der Waals surface area contributed by atoms with Gasteiger partial charge in [-0.05, 0) is 47.2 Å². The lowest BCUT2D eigenvalue weighted by Crippen LogP contribution is -2.50. The summed E-state index contributed by atoms with van der Waals surface area (Å²) in [6.45, 7) is 2.53. The maximum absolute atomic E-state index is 12.5. The van der Waals surface area contributed by atoms with E-state index in [2.05, 4.69) is 20.8 Å². The fourth-order valence-electron chi connectivity index (χ4n) is 3.52. The summed E-state index contributed by atoms with van der Waals surface area (Å²) < 4.78 is 6.75. The number of carbonyl (C=O) groups is 1. The molecular formula is C22H20BrN3O4. The Hall–Kier alpha value is -3.13. The van der Waals surface area contributed by atoms with Crippen molar-refractivity contribution in [2.45, 2.75) is 0 Å². The van der Waals surface area contributed by atoms with Gasteiger partial charge in [-0.25, -0.2) is 0 Å². The predicted octanol–water partition coefficient (Wildman–Crippen LogP) is 4.24. The third-order valence-corrected chi connectivity index (χ3v) is 5.69. The maximum atomic E-state index is 12.5. The van der Waals surface area contributed by atoms with Crippen LogP contribution in [0.4, 0.5) is 11.4 Å². The molecule has 30 heavy (non-hydrogen) atoms. The highest BCUT2D eigenvalue weighted by Crippen LogP contribution is 2.24. The van der Waals surface area contributed by atoms with Gasteiger partial charge in [0.15, 0.2) is 6.61 Å². The van der Waals surface area contributed by atoms with Gasteiger partial charge in [0, 0.05) is 48.5 Å². The van der Waals surface area contributed by atoms with Crippen LogP contribution in [0.25, 0.3) is 10.8 Å². The van der Waals surface area contributed by atoms with E-state index in [9.17, 15) is 14.9 Å². The monoisotopic (exact) mass is 469 g/mol. The fraction of sp³-hybridized carbons (Fsp3) is 0.227. The van der Waals surface area contributed by atoms with Crippen LogP contribution in [0.15, 0.2) is 65.1 Å². The van der Waals surface area contributed by atoms with Gasteiger partial charge in [0.25, 0.3) is 11.6 Å². The Labute approximate surface area is 182 Å². The number of hydrogen-bond donors (Lipinski definition) is 0. The van der Waals surface area contributed by atoms with Crippen LogP contribution in [-0.4, -0.2) is 48.5 Å². The molecule has 4 rings (SSSR count). The van der Waals surface area contributed by atoms with Gasteiger partial charge in [-0.2, -0.15) is 0 Å². The summed E-state index contributed by atoms with van der Waals surface area (Å²) >= 11 is 3.46. The summed E-state index contributed by atoms with van der Waals surface area (Å²) in [4.78, 5) is 26.8. The molecular weight excluding hydrogens is 450 g/mol. The lowest BCUT2D eigenvalue weighted by Gasteiger charge is -2.36. The first-order valence-electron chi connectivity index (χ1n) is 9.59. The second-order valence-electron chi connectivity index (χ2n) is 7.08. The minimum absolute atomic E-state index is 0.000430. The number of fused-ring (bicyclic) bond motifs is 1. The molecule has 1 heterocycles. The standard InChI is InChI=1S/C22H20BrN3O4/c23-18-3-1-17-14-21(8-2-16(17)13-18)30-15-22(27)25-11-9-24(10-12-25)19-4-6-20(7-5-19)26(28)29/h1-8,13-14H,9-12,15H2. The first-order chi connectivity index (χ1) is 14.5. The van der Waals surface area contributed by atoms with Gasteiger partial charge < -0.3 is 14.5 Å². The molecule has 1 saturated heterocycles. The summed E-state index contributed by atoms with van der Waals surface area (Å²) in [6, 6.07) is 18.3. The molecule has 3 aromatic rings. The summed E-state index contributed by atoms with van der Waals surface area (Å²) in [6.07, 6.45) is 0. The van der Waals surface area contributed by atoms with Crippen LogP contribution in [-0.2, 0) is 4.79 Å². The Morgan fingerprint density at radius 1 is 0.967 bits per heavy atom. The number of anilines is 1. The van der Waals surface area contributed by atoms with Gasteiger partial charge in [0.2, 0.25) is 0 Å². The summed E-state index contributed by atoms with van der Waals surface area (Å²) in [5.74, 6) is 0.622. The van der Waals surface area contributed by atoms with E-state index in [0.29, 0.717) is 31.9 Å². The van der Waals surface area contributed by atoms with Gasteiger partial charge in [0.05, 0.1) is 4.92 Å². The number of rotatable bonds is 5. The van der Waals surface area contributed by atoms with Gasteiger partial charge in [-0.1, -0.05) is 28.1 Å². The number of benzene rings is 3. The number of ether oxygens (including phenoxy) is 1. The van der Waals surface area contributed by atoms with Crippen molar-refractivity contribution in [2.24, 2.45) is 0 Å². The van der Waals surface area contributed by atoms with Gasteiger partial charge in [-0.15, -0.1) is 0 Å². The van der Waals surface area contributed by atoms with E-state index in [1.165, 1.54) is 12.1 Å². The van der Waals surface area contributed by atoms with E-state index in [1.807, 2.05) is 36.4 Å². The van der Waals surface area contributed by atoms with E-state index in [1.54, 1.807) is 17.0 Å². The van der Waals surface area contributed by atoms with Crippen molar-refractivity contribution < 1.29 is 14.5 Å². The number of amides is 1. The number of halogens is 1. The molecule has 0 N–H and O–H groups in total. The van der Waals surface area contributed by atoms with Crippen molar-refractivity contribution in [3.05, 3.63) is 75.3 Å². The maximum Gasteiger partial charge on any atom is 0.269 e. The minimum Gasteiger partial charge on any atom is -0.484 e. The zero-order valence-corrected chi connectivity index (χ0v) is 17.7. The van der Waals surface area contributed by atoms with E-state index >= 15 is 0 Å². The van der Waals surface area contributed by atoms with Gasteiger partial charge in [-0.3, -0.25) is 14.9 Å². The average Bonchev–Trinajstić information content (AvgIpc) is 2.77. The van der Waals surface area contributed by atoms with E-state index in [4.69, 9.17) is 4.74 Å². The SMILES string of the molecule is O=C(COc1ccc2cc(Br)ccc2c1)N1CCN(c2ccc([N+](=O)[O-])cc2)CC1. The molecule has 1 aliphatic heterocycles. The molecule has 0 radical (unpaired) electrons. The quantitative estimate of drug-likeness (QED) is 0.412.